The molecule has 1 atom stereocenters. The minimum atomic E-state index is -0.418. The van der Waals surface area contributed by atoms with Gasteiger partial charge in [-0.3, -0.25) is 4.79 Å². The van der Waals surface area contributed by atoms with Gasteiger partial charge in [-0.1, -0.05) is 61.5 Å². The van der Waals surface area contributed by atoms with Crippen molar-refractivity contribution in [2.45, 2.75) is 42.1 Å². The average Bonchev–Trinajstić information content (AvgIpc) is 2.55. The summed E-state index contributed by atoms with van der Waals surface area (Å²) in [7, 11) is 0. The molecule has 23 heavy (non-hydrogen) atoms. The molecule has 0 heterocycles. The summed E-state index contributed by atoms with van der Waals surface area (Å²) >= 11 is 1.70. The van der Waals surface area contributed by atoms with E-state index in [0.29, 0.717) is 13.0 Å². The fourth-order valence-electron chi connectivity index (χ4n) is 2.12. The van der Waals surface area contributed by atoms with Crippen molar-refractivity contribution in [1.29, 1.82) is 0 Å². The van der Waals surface area contributed by atoms with E-state index >= 15 is 0 Å². The van der Waals surface area contributed by atoms with Crippen molar-refractivity contribution < 1.29 is 4.79 Å². The van der Waals surface area contributed by atoms with Gasteiger partial charge < -0.3 is 11.1 Å². The van der Waals surface area contributed by atoms with Crippen molar-refractivity contribution >= 4 is 30.1 Å². The zero-order valence-electron chi connectivity index (χ0n) is 13.2. The highest BCUT2D eigenvalue weighted by molar-refractivity contribution is 7.99. The number of rotatable bonds is 7. The summed E-state index contributed by atoms with van der Waals surface area (Å²) in [6.45, 7) is 2.53. The van der Waals surface area contributed by atoms with Gasteiger partial charge in [0.1, 0.15) is 0 Å². The van der Waals surface area contributed by atoms with Crippen LogP contribution in [-0.2, 0) is 11.3 Å². The molecule has 1 amide bonds. The van der Waals surface area contributed by atoms with Crippen LogP contribution in [0, 0.1) is 0 Å². The Morgan fingerprint density at radius 1 is 1.13 bits per heavy atom. The van der Waals surface area contributed by atoms with Gasteiger partial charge in [0.15, 0.2) is 0 Å². The lowest BCUT2D eigenvalue weighted by Crippen LogP contribution is -2.40. The van der Waals surface area contributed by atoms with Gasteiger partial charge in [-0.2, -0.15) is 0 Å². The molecule has 0 aliphatic heterocycles. The van der Waals surface area contributed by atoms with E-state index in [-0.39, 0.29) is 18.3 Å². The number of hydrogen-bond acceptors (Lipinski definition) is 3. The summed E-state index contributed by atoms with van der Waals surface area (Å²) in [6, 6.07) is 17.9. The lowest BCUT2D eigenvalue weighted by molar-refractivity contribution is -0.122. The predicted octanol–water partition coefficient (Wildman–Crippen LogP) is 4.00. The van der Waals surface area contributed by atoms with E-state index in [1.165, 1.54) is 4.90 Å². The minimum absolute atomic E-state index is 0. The van der Waals surface area contributed by atoms with E-state index in [4.69, 9.17) is 5.73 Å². The molecule has 3 nitrogen and oxygen atoms in total. The molecule has 0 fully saturated rings. The molecule has 0 aliphatic rings. The quantitative estimate of drug-likeness (QED) is 0.793. The lowest BCUT2D eigenvalue weighted by Gasteiger charge is -2.13. The van der Waals surface area contributed by atoms with Crippen molar-refractivity contribution in [3.63, 3.8) is 0 Å². The highest BCUT2D eigenvalue weighted by Crippen LogP contribution is 2.30. The number of amides is 1. The molecule has 0 spiro atoms. The normalized spacial score (nSPS) is 11.4. The Bertz CT molecular complexity index is 607. The van der Waals surface area contributed by atoms with Crippen LogP contribution in [-0.4, -0.2) is 11.9 Å². The molecule has 2 aromatic rings. The Balaban J connectivity index is 0.00000264. The van der Waals surface area contributed by atoms with Crippen molar-refractivity contribution in [3.05, 3.63) is 60.2 Å². The van der Waals surface area contributed by atoms with E-state index < -0.39 is 6.04 Å². The number of hydrogen-bond donors (Lipinski definition) is 2. The molecular formula is C18H23ClN2OS. The van der Waals surface area contributed by atoms with E-state index in [2.05, 4.69) is 23.5 Å². The van der Waals surface area contributed by atoms with Crippen LogP contribution in [0.25, 0.3) is 0 Å². The standard InChI is InChI=1S/C18H22N2OS.ClH/c1-2-8-16(19)18(21)20-13-14-9-6-7-12-17(14)22-15-10-4-3-5-11-15;/h3-7,9-12,16H,2,8,13,19H2,1H3,(H,20,21);1H. The van der Waals surface area contributed by atoms with Gasteiger partial charge in [-0.15, -0.1) is 12.4 Å². The predicted molar refractivity (Wildman–Crippen MR) is 99.0 cm³/mol. The molecule has 1 unspecified atom stereocenters. The number of carbonyl (C=O) groups excluding carboxylic acids is 1. The zero-order chi connectivity index (χ0) is 15.8. The van der Waals surface area contributed by atoms with Crippen LogP contribution in [0.3, 0.4) is 0 Å². The number of nitrogens with two attached hydrogens (primary N) is 1. The van der Waals surface area contributed by atoms with Gasteiger partial charge in [-0.25, -0.2) is 0 Å². The van der Waals surface area contributed by atoms with Gasteiger partial charge in [0.25, 0.3) is 0 Å². The van der Waals surface area contributed by atoms with Gasteiger partial charge in [0.05, 0.1) is 6.04 Å². The number of carbonyl (C=O) groups is 1. The van der Waals surface area contributed by atoms with E-state index in [1.54, 1.807) is 11.8 Å². The third kappa shape index (κ3) is 6.26. The largest absolute Gasteiger partial charge is 0.351 e. The molecule has 0 saturated carbocycles. The van der Waals surface area contributed by atoms with Crippen LogP contribution in [0.15, 0.2) is 64.4 Å². The summed E-state index contributed by atoms with van der Waals surface area (Å²) in [5.74, 6) is -0.0821. The molecule has 5 heteroatoms. The first-order valence-electron chi connectivity index (χ1n) is 7.54. The van der Waals surface area contributed by atoms with Crippen molar-refractivity contribution in [1.82, 2.24) is 5.32 Å². The number of halogens is 1. The lowest BCUT2D eigenvalue weighted by atomic mass is 10.1. The first-order chi connectivity index (χ1) is 10.7. The van der Waals surface area contributed by atoms with Crippen LogP contribution in [0.4, 0.5) is 0 Å². The minimum Gasteiger partial charge on any atom is -0.351 e. The van der Waals surface area contributed by atoms with Gasteiger partial charge in [0.2, 0.25) is 5.91 Å². The molecule has 0 radical (unpaired) electrons. The SMILES string of the molecule is CCCC(N)C(=O)NCc1ccccc1Sc1ccccc1.Cl. The second-order valence-corrected chi connectivity index (χ2v) is 6.25. The molecule has 0 bridgehead atoms. The van der Waals surface area contributed by atoms with E-state index in [9.17, 15) is 4.79 Å². The van der Waals surface area contributed by atoms with Crippen LogP contribution in [0.1, 0.15) is 25.3 Å². The highest BCUT2D eigenvalue weighted by Gasteiger charge is 2.12. The summed E-state index contributed by atoms with van der Waals surface area (Å²) in [5.41, 5.74) is 6.94. The molecule has 3 N–H and O–H groups in total. The van der Waals surface area contributed by atoms with E-state index in [1.807, 2.05) is 43.3 Å². The van der Waals surface area contributed by atoms with Gasteiger partial charge in [-0.05, 0) is 30.2 Å². The van der Waals surface area contributed by atoms with Crippen LogP contribution in [0.2, 0.25) is 0 Å². The Labute approximate surface area is 148 Å². The molecule has 124 valence electrons. The van der Waals surface area contributed by atoms with Crippen molar-refractivity contribution in [2.75, 3.05) is 0 Å². The Morgan fingerprint density at radius 3 is 2.48 bits per heavy atom. The maximum Gasteiger partial charge on any atom is 0.237 e. The fraction of sp³-hybridized carbons (Fsp3) is 0.278. The number of benzene rings is 2. The first kappa shape index (κ1) is 19.6. The summed E-state index contributed by atoms with van der Waals surface area (Å²) < 4.78 is 0. The average molecular weight is 351 g/mol. The second kappa shape index (κ2) is 10.3. The molecular weight excluding hydrogens is 328 g/mol. The van der Waals surface area contributed by atoms with Gasteiger partial charge >= 0.3 is 0 Å². The molecule has 0 saturated heterocycles. The Hall–Kier alpha value is -1.49. The van der Waals surface area contributed by atoms with Crippen LogP contribution >= 0.6 is 24.2 Å². The molecule has 2 rings (SSSR count). The van der Waals surface area contributed by atoms with E-state index in [0.717, 1.165) is 16.9 Å². The third-order valence-electron chi connectivity index (χ3n) is 3.33. The monoisotopic (exact) mass is 350 g/mol. The Kier molecular flexibility index (Phi) is 8.77. The summed E-state index contributed by atoms with van der Waals surface area (Å²) in [6.07, 6.45) is 1.63. The first-order valence-corrected chi connectivity index (χ1v) is 8.36. The fourth-order valence-corrected chi connectivity index (χ4v) is 3.09. The zero-order valence-corrected chi connectivity index (χ0v) is 14.8. The topological polar surface area (TPSA) is 55.1 Å². The molecule has 0 aliphatic carbocycles. The maximum absolute atomic E-state index is 11.9. The molecule has 2 aromatic carbocycles. The molecule has 0 aromatic heterocycles. The smallest absolute Gasteiger partial charge is 0.237 e. The van der Waals surface area contributed by atoms with Crippen molar-refractivity contribution in [3.8, 4) is 0 Å². The summed E-state index contributed by atoms with van der Waals surface area (Å²) in [5, 5.41) is 2.93. The summed E-state index contributed by atoms with van der Waals surface area (Å²) in [4.78, 5) is 14.3. The highest BCUT2D eigenvalue weighted by atomic mass is 35.5. The van der Waals surface area contributed by atoms with Crippen molar-refractivity contribution in [2.24, 2.45) is 5.73 Å². The van der Waals surface area contributed by atoms with Crippen LogP contribution < -0.4 is 11.1 Å². The maximum atomic E-state index is 11.9. The number of nitrogens with one attached hydrogen (secondary N) is 1. The van der Waals surface area contributed by atoms with Gasteiger partial charge in [0, 0.05) is 16.3 Å². The van der Waals surface area contributed by atoms with Crippen LogP contribution in [0.5, 0.6) is 0 Å². The third-order valence-corrected chi connectivity index (χ3v) is 4.46. The second-order valence-electron chi connectivity index (χ2n) is 5.14. The Morgan fingerprint density at radius 2 is 1.78 bits per heavy atom.